The fourth-order valence-corrected chi connectivity index (χ4v) is 4.57. The topological polar surface area (TPSA) is 72.8 Å². The summed E-state index contributed by atoms with van der Waals surface area (Å²) in [6.07, 6.45) is 7.11. The Morgan fingerprint density at radius 3 is 2.68 bits per heavy atom. The predicted molar refractivity (Wildman–Crippen MR) is 107 cm³/mol. The molecule has 0 spiro atoms. The van der Waals surface area contributed by atoms with Crippen molar-refractivity contribution in [2.24, 2.45) is 5.92 Å². The number of benzene rings is 1. The molecular formula is C23H30O5. The van der Waals surface area contributed by atoms with Gasteiger partial charge in [0.25, 0.3) is 0 Å². The van der Waals surface area contributed by atoms with Crippen LogP contribution in [0.2, 0.25) is 0 Å². The molecule has 0 radical (unpaired) electrons. The maximum Gasteiger partial charge on any atom is 0.331 e. The number of hydrogen-bond donors (Lipinski definition) is 1. The van der Waals surface area contributed by atoms with Crippen LogP contribution in [0.3, 0.4) is 0 Å². The molecule has 1 aromatic carbocycles. The Balaban J connectivity index is 2.07. The van der Waals surface area contributed by atoms with E-state index in [1.807, 2.05) is 12.1 Å². The number of rotatable bonds is 6. The molecule has 1 aliphatic carbocycles. The highest BCUT2D eigenvalue weighted by Gasteiger charge is 2.47. The maximum absolute atomic E-state index is 11.8. The van der Waals surface area contributed by atoms with Gasteiger partial charge < -0.3 is 14.6 Å². The second-order valence-electron chi connectivity index (χ2n) is 8.45. The molecule has 1 N–H and O–H groups in total. The summed E-state index contributed by atoms with van der Waals surface area (Å²) in [4.78, 5) is 23.3. The van der Waals surface area contributed by atoms with Crippen molar-refractivity contribution in [1.82, 2.24) is 0 Å². The number of esters is 1. The SMILES string of the molecule is CCCCCc1cc(OC(C)=O)c2c(c1)OC(C)(C)[C@@H]1CC=C(C(=O)O)C[C@@H]21. The summed E-state index contributed by atoms with van der Waals surface area (Å²) in [5, 5.41) is 9.50. The molecule has 5 nitrogen and oxygen atoms in total. The third-order valence-electron chi connectivity index (χ3n) is 5.94. The standard InChI is InChI=1S/C23H30O5/c1-5-6-7-8-15-11-19(27-14(2)24)21-17-13-16(22(25)26)9-10-18(17)23(3,4)28-20(21)12-15/h9,11-12,17-18H,5-8,10,13H2,1-4H3,(H,25,26)/t17-,18-/m1/s1. The predicted octanol–water partition coefficient (Wildman–Crippen LogP) is 5.02. The number of carboxylic acid groups (broad SMARTS) is 1. The largest absolute Gasteiger partial charge is 0.487 e. The Morgan fingerprint density at radius 2 is 2.04 bits per heavy atom. The van der Waals surface area contributed by atoms with Crippen LogP contribution in [0.25, 0.3) is 0 Å². The number of allylic oxidation sites excluding steroid dienone is 1. The normalized spacial score (nSPS) is 22.4. The van der Waals surface area contributed by atoms with Gasteiger partial charge in [-0.25, -0.2) is 4.79 Å². The molecule has 0 aromatic heterocycles. The lowest BCUT2D eigenvalue weighted by molar-refractivity contribution is -0.134. The highest BCUT2D eigenvalue weighted by Crippen LogP contribution is 2.54. The molecule has 1 aromatic rings. The van der Waals surface area contributed by atoms with Crippen molar-refractivity contribution in [2.45, 2.75) is 77.7 Å². The van der Waals surface area contributed by atoms with Gasteiger partial charge in [0.05, 0.1) is 0 Å². The van der Waals surface area contributed by atoms with Crippen molar-refractivity contribution in [1.29, 1.82) is 0 Å². The van der Waals surface area contributed by atoms with Crippen LogP contribution in [0.4, 0.5) is 0 Å². The minimum absolute atomic E-state index is 0.0473. The van der Waals surface area contributed by atoms with E-state index in [-0.39, 0.29) is 17.8 Å². The van der Waals surface area contributed by atoms with Gasteiger partial charge in [-0.1, -0.05) is 25.8 Å². The number of hydrogen-bond acceptors (Lipinski definition) is 4. The Bertz CT molecular complexity index is 805. The van der Waals surface area contributed by atoms with Gasteiger partial charge in [-0.15, -0.1) is 0 Å². The number of carbonyl (C=O) groups excluding carboxylic acids is 1. The average molecular weight is 386 g/mol. The number of carboxylic acids is 1. The summed E-state index contributed by atoms with van der Waals surface area (Å²) in [6, 6.07) is 3.99. The van der Waals surface area contributed by atoms with Crippen LogP contribution in [-0.2, 0) is 16.0 Å². The van der Waals surface area contributed by atoms with Crippen LogP contribution in [-0.4, -0.2) is 22.6 Å². The molecule has 28 heavy (non-hydrogen) atoms. The van der Waals surface area contributed by atoms with Gasteiger partial charge in [-0.2, -0.15) is 0 Å². The van der Waals surface area contributed by atoms with Gasteiger partial charge in [-0.3, -0.25) is 4.79 Å². The molecule has 0 amide bonds. The van der Waals surface area contributed by atoms with Crippen LogP contribution in [0.1, 0.15) is 76.8 Å². The van der Waals surface area contributed by atoms with Crippen LogP contribution in [0.5, 0.6) is 11.5 Å². The number of carbonyl (C=O) groups is 2. The van der Waals surface area contributed by atoms with Crippen molar-refractivity contribution in [2.75, 3.05) is 0 Å². The minimum atomic E-state index is -0.880. The summed E-state index contributed by atoms with van der Waals surface area (Å²) in [5.41, 5.74) is 1.92. The van der Waals surface area contributed by atoms with E-state index in [4.69, 9.17) is 9.47 Å². The molecule has 5 heteroatoms. The van der Waals surface area contributed by atoms with Gasteiger partial charge in [0.1, 0.15) is 17.1 Å². The summed E-state index contributed by atoms with van der Waals surface area (Å²) in [5.74, 6) is 0.0719. The zero-order valence-electron chi connectivity index (χ0n) is 17.2. The fraction of sp³-hybridized carbons (Fsp3) is 0.565. The van der Waals surface area contributed by atoms with Crippen LogP contribution in [0.15, 0.2) is 23.8 Å². The van der Waals surface area contributed by atoms with E-state index in [1.165, 1.54) is 6.92 Å². The molecule has 0 unspecified atom stereocenters. The Morgan fingerprint density at radius 1 is 1.29 bits per heavy atom. The summed E-state index contributed by atoms with van der Waals surface area (Å²) in [6.45, 7) is 7.68. The average Bonchev–Trinajstić information content (AvgIpc) is 2.60. The Kier molecular flexibility index (Phi) is 5.82. The molecule has 3 rings (SSSR count). The molecule has 0 fully saturated rings. The molecule has 2 atom stereocenters. The summed E-state index contributed by atoms with van der Waals surface area (Å²) < 4.78 is 12.0. The monoisotopic (exact) mass is 386 g/mol. The smallest absolute Gasteiger partial charge is 0.331 e. The molecule has 0 saturated carbocycles. The van der Waals surface area contributed by atoms with E-state index in [0.717, 1.165) is 42.6 Å². The van der Waals surface area contributed by atoms with Crippen molar-refractivity contribution in [3.63, 3.8) is 0 Å². The third-order valence-corrected chi connectivity index (χ3v) is 5.94. The highest BCUT2D eigenvalue weighted by molar-refractivity contribution is 5.87. The van der Waals surface area contributed by atoms with Crippen molar-refractivity contribution >= 4 is 11.9 Å². The maximum atomic E-state index is 11.8. The quantitative estimate of drug-likeness (QED) is 0.422. The number of fused-ring (bicyclic) bond motifs is 3. The van der Waals surface area contributed by atoms with E-state index in [0.29, 0.717) is 24.2 Å². The number of aryl methyl sites for hydroxylation is 1. The lowest BCUT2D eigenvalue weighted by Crippen LogP contribution is -2.46. The minimum Gasteiger partial charge on any atom is -0.487 e. The summed E-state index contributed by atoms with van der Waals surface area (Å²) >= 11 is 0. The first-order valence-electron chi connectivity index (χ1n) is 10.2. The Hall–Kier alpha value is -2.30. The summed E-state index contributed by atoms with van der Waals surface area (Å²) in [7, 11) is 0. The lowest BCUT2D eigenvalue weighted by atomic mass is 9.67. The number of ether oxygens (including phenoxy) is 2. The number of unbranched alkanes of at least 4 members (excludes halogenated alkanes) is 2. The third kappa shape index (κ3) is 4.08. The van der Waals surface area contributed by atoms with E-state index in [1.54, 1.807) is 0 Å². The van der Waals surface area contributed by atoms with Crippen LogP contribution >= 0.6 is 0 Å². The van der Waals surface area contributed by atoms with E-state index >= 15 is 0 Å². The second kappa shape index (κ2) is 7.98. The second-order valence-corrected chi connectivity index (χ2v) is 8.45. The molecule has 0 saturated heterocycles. The van der Waals surface area contributed by atoms with Crippen molar-refractivity contribution < 1.29 is 24.2 Å². The molecule has 2 aliphatic rings. The first-order chi connectivity index (χ1) is 13.2. The molecular weight excluding hydrogens is 356 g/mol. The molecule has 0 bridgehead atoms. The van der Waals surface area contributed by atoms with E-state index < -0.39 is 11.6 Å². The van der Waals surface area contributed by atoms with Crippen molar-refractivity contribution in [3.05, 3.63) is 34.9 Å². The van der Waals surface area contributed by atoms with Crippen LogP contribution < -0.4 is 9.47 Å². The van der Waals surface area contributed by atoms with Crippen LogP contribution in [0, 0.1) is 5.92 Å². The Labute approximate surface area is 166 Å². The fourth-order valence-electron chi connectivity index (χ4n) is 4.57. The van der Waals surface area contributed by atoms with Gasteiger partial charge in [0.2, 0.25) is 0 Å². The molecule has 1 aliphatic heterocycles. The molecule has 1 heterocycles. The van der Waals surface area contributed by atoms with E-state index in [9.17, 15) is 14.7 Å². The van der Waals surface area contributed by atoms with Gasteiger partial charge in [0, 0.05) is 29.9 Å². The van der Waals surface area contributed by atoms with Crippen molar-refractivity contribution in [3.8, 4) is 11.5 Å². The zero-order chi connectivity index (χ0) is 20.5. The van der Waals surface area contributed by atoms with Gasteiger partial charge in [-0.05, 0) is 57.2 Å². The van der Waals surface area contributed by atoms with Gasteiger partial charge in [0.15, 0.2) is 0 Å². The van der Waals surface area contributed by atoms with E-state index in [2.05, 4.69) is 26.8 Å². The first-order valence-corrected chi connectivity index (χ1v) is 10.2. The highest BCUT2D eigenvalue weighted by atomic mass is 16.5. The van der Waals surface area contributed by atoms with Gasteiger partial charge >= 0.3 is 11.9 Å². The number of aliphatic carboxylic acids is 1. The lowest BCUT2D eigenvalue weighted by Gasteiger charge is -2.47. The zero-order valence-corrected chi connectivity index (χ0v) is 17.2. The first kappa shape index (κ1) is 20.4. The molecule has 152 valence electrons.